The number of halogens is 1. The van der Waals surface area contributed by atoms with Crippen LogP contribution in [0.1, 0.15) is 5.56 Å². The topological polar surface area (TPSA) is 25.2 Å². The number of para-hydroxylation sites is 1. The molecule has 0 unspecified atom stereocenters. The molecule has 0 bridgehead atoms. The summed E-state index contributed by atoms with van der Waals surface area (Å²) in [6, 6.07) is 14.9. The van der Waals surface area contributed by atoms with E-state index in [1.807, 2.05) is 43.4 Å². The van der Waals surface area contributed by atoms with Gasteiger partial charge >= 0.3 is 0 Å². The van der Waals surface area contributed by atoms with Gasteiger partial charge in [0.05, 0.1) is 0 Å². The van der Waals surface area contributed by atoms with Crippen molar-refractivity contribution in [2.75, 3.05) is 7.05 Å². The van der Waals surface area contributed by atoms with Gasteiger partial charge in [-0.15, -0.1) is 0 Å². The van der Waals surface area contributed by atoms with Crippen molar-refractivity contribution >= 4 is 11.0 Å². The molecule has 96 valence electrons. The van der Waals surface area contributed by atoms with Gasteiger partial charge < -0.3 is 9.73 Å². The lowest BCUT2D eigenvalue weighted by molar-refractivity contribution is 0.569. The average Bonchev–Trinajstić information content (AvgIpc) is 2.85. The fourth-order valence-corrected chi connectivity index (χ4v) is 2.16. The molecule has 0 amide bonds. The van der Waals surface area contributed by atoms with Gasteiger partial charge in [0.15, 0.2) is 11.4 Å². The fraction of sp³-hybridized carbons (Fsp3) is 0.125. The Morgan fingerprint density at radius 1 is 1.11 bits per heavy atom. The molecule has 0 aliphatic heterocycles. The van der Waals surface area contributed by atoms with Crippen molar-refractivity contribution in [2.24, 2.45) is 0 Å². The Hall–Kier alpha value is -2.13. The number of nitrogens with one attached hydrogen (secondary N) is 1. The van der Waals surface area contributed by atoms with E-state index < -0.39 is 0 Å². The molecule has 1 aromatic heterocycles. The Kier molecular flexibility index (Phi) is 3.05. The number of benzene rings is 2. The molecule has 0 atom stereocenters. The van der Waals surface area contributed by atoms with Gasteiger partial charge in [0.1, 0.15) is 5.76 Å². The molecule has 2 nitrogen and oxygen atoms in total. The Morgan fingerprint density at radius 3 is 2.58 bits per heavy atom. The molecule has 0 saturated heterocycles. The van der Waals surface area contributed by atoms with Gasteiger partial charge in [-0.3, -0.25) is 0 Å². The van der Waals surface area contributed by atoms with Crippen LogP contribution in [-0.4, -0.2) is 7.05 Å². The van der Waals surface area contributed by atoms with Crippen molar-refractivity contribution < 1.29 is 8.81 Å². The quantitative estimate of drug-likeness (QED) is 0.766. The standard InChI is InChI=1S/C16H14FNO/c1-18-10-11-5-7-12(8-6-11)15-9-13-3-2-4-14(17)16(13)19-15/h2-9,18H,10H2,1H3. The first-order valence-corrected chi connectivity index (χ1v) is 6.20. The Balaban J connectivity index is 2.01. The third-order valence-electron chi connectivity index (χ3n) is 3.12. The molecule has 19 heavy (non-hydrogen) atoms. The minimum atomic E-state index is -0.324. The van der Waals surface area contributed by atoms with Crippen molar-refractivity contribution in [3.63, 3.8) is 0 Å². The van der Waals surface area contributed by atoms with Crippen LogP contribution >= 0.6 is 0 Å². The highest BCUT2D eigenvalue weighted by atomic mass is 19.1. The van der Waals surface area contributed by atoms with Crippen molar-refractivity contribution in [1.82, 2.24) is 5.32 Å². The highest BCUT2D eigenvalue weighted by Gasteiger charge is 2.09. The molecule has 0 aliphatic carbocycles. The van der Waals surface area contributed by atoms with E-state index >= 15 is 0 Å². The fourth-order valence-electron chi connectivity index (χ4n) is 2.16. The van der Waals surface area contributed by atoms with Gasteiger partial charge in [-0.05, 0) is 24.7 Å². The number of hydrogen-bond acceptors (Lipinski definition) is 2. The van der Waals surface area contributed by atoms with Crippen LogP contribution in [0.2, 0.25) is 0 Å². The number of furan rings is 1. The van der Waals surface area contributed by atoms with Crippen molar-refractivity contribution in [3.8, 4) is 11.3 Å². The molecule has 0 fully saturated rings. The maximum atomic E-state index is 13.6. The van der Waals surface area contributed by atoms with E-state index in [4.69, 9.17) is 4.42 Å². The Morgan fingerprint density at radius 2 is 1.89 bits per heavy atom. The zero-order valence-electron chi connectivity index (χ0n) is 10.6. The first-order chi connectivity index (χ1) is 9.28. The van der Waals surface area contributed by atoms with E-state index in [1.54, 1.807) is 6.07 Å². The van der Waals surface area contributed by atoms with Crippen LogP contribution in [0.5, 0.6) is 0 Å². The summed E-state index contributed by atoms with van der Waals surface area (Å²) in [5.74, 6) is 0.367. The molecular weight excluding hydrogens is 241 g/mol. The maximum absolute atomic E-state index is 13.6. The van der Waals surface area contributed by atoms with E-state index in [-0.39, 0.29) is 5.82 Å². The summed E-state index contributed by atoms with van der Waals surface area (Å²) in [5.41, 5.74) is 2.47. The van der Waals surface area contributed by atoms with Crippen LogP contribution in [-0.2, 0) is 6.54 Å². The average molecular weight is 255 g/mol. The van der Waals surface area contributed by atoms with Crippen molar-refractivity contribution in [2.45, 2.75) is 6.54 Å². The lowest BCUT2D eigenvalue weighted by Crippen LogP contribution is -2.04. The van der Waals surface area contributed by atoms with Gasteiger partial charge in [0.2, 0.25) is 0 Å². The van der Waals surface area contributed by atoms with Gasteiger partial charge in [-0.2, -0.15) is 0 Å². The lowest BCUT2D eigenvalue weighted by Gasteiger charge is -2.01. The predicted molar refractivity (Wildman–Crippen MR) is 74.4 cm³/mol. The summed E-state index contributed by atoms with van der Waals surface area (Å²) in [5, 5.41) is 3.89. The number of hydrogen-bond donors (Lipinski definition) is 1. The highest BCUT2D eigenvalue weighted by Crippen LogP contribution is 2.29. The van der Waals surface area contributed by atoms with Gasteiger partial charge in [0.25, 0.3) is 0 Å². The van der Waals surface area contributed by atoms with E-state index in [2.05, 4.69) is 5.32 Å². The van der Waals surface area contributed by atoms with E-state index in [9.17, 15) is 4.39 Å². The van der Waals surface area contributed by atoms with E-state index in [1.165, 1.54) is 11.6 Å². The van der Waals surface area contributed by atoms with Crippen LogP contribution < -0.4 is 5.32 Å². The minimum Gasteiger partial charge on any atom is -0.453 e. The second-order valence-corrected chi connectivity index (χ2v) is 4.50. The van der Waals surface area contributed by atoms with Crippen LogP contribution in [0, 0.1) is 5.82 Å². The molecule has 2 aromatic carbocycles. The van der Waals surface area contributed by atoms with Crippen molar-refractivity contribution in [1.29, 1.82) is 0 Å². The van der Waals surface area contributed by atoms with Gasteiger partial charge in [-0.1, -0.05) is 36.4 Å². The number of fused-ring (bicyclic) bond motifs is 1. The second-order valence-electron chi connectivity index (χ2n) is 4.50. The van der Waals surface area contributed by atoms with Gasteiger partial charge in [0, 0.05) is 17.5 Å². The summed E-state index contributed by atoms with van der Waals surface area (Å²) in [7, 11) is 1.91. The molecule has 1 N–H and O–H groups in total. The molecule has 0 aliphatic rings. The summed E-state index contributed by atoms with van der Waals surface area (Å²) in [4.78, 5) is 0. The molecular formula is C16H14FNO. The first kappa shape index (κ1) is 11.9. The molecule has 0 saturated carbocycles. The highest BCUT2D eigenvalue weighted by molar-refractivity contribution is 5.83. The molecule has 3 aromatic rings. The number of rotatable bonds is 3. The van der Waals surface area contributed by atoms with Crippen LogP contribution in [0.25, 0.3) is 22.3 Å². The second kappa shape index (κ2) is 4.86. The SMILES string of the molecule is CNCc1ccc(-c2cc3cccc(F)c3o2)cc1. The summed E-state index contributed by atoms with van der Waals surface area (Å²) < 4.78 is 19.2. The van der Waals surface area contributed by atoms with Gasteiger partial charge in [-0.25, -0.2) is 4.39 Å². The maximum Gasteiger partial charge on any atom is 0.170 e. The molecule has 3 heteroatoms. The summed E-state index contributed by atoms with van der Waals surface area (Å²) >= 11 is 0. The predicted octanol–water partition coefficient (Wildman–Crippen LogP) is 3.96. The Labute approximate surface area is 110 Å². The van der Waals surface area contributed by atoms with E-state index in [0.29, 0.717) is 11.3 Å². The first-order valence-electron chi connectivity index (χ1n) is 6.20. The normalized spacial score (nSPS) is 11.1. The largest absolute Gasteiger partial charge is 0.453 e. The van der Waals surface area contributed by atoms with Crippen LogP contribution in [0.15, 0.2) is 52.9 Å². The molecule has 0 spiro atoms. The van der Waals surface area contributed by atoms with Crippen LogP contribution in [0.4, 0.5) is 4.39 Å². The third kappa shape index (κ3) is 2.25. The van der Waals surface area contributed by atoms with Crippen LogP contribution in [0.3, 0.4) is 0 Å². The van der Waals surface area contributed by atoms with E-state index in [0.717, 1.165) is 17.5 Å². The molecule has 0 radical (unpaired) electrons. The smallest absolute Gasteiger partial charge is 0.170 e. The summed E-state index contributed by atoms with van der Waals surface area (Å²) in [6.07, 6.45) is 0. The van der Waals surface area contributed by atoms with Crippen molar-refractivity contribution in [3.05, 3.63) is 59.9 Å². The lowest BCUT2D eigenvalue weighted by atomic mass is 10.1. The third-order valence-corrected chi connectivity index (χ3v) is 3.12. The molecule has 1 heterocycles. The minimum absolute atomic E-state index is 0.316. The zero-order valence-corrected chi connectivity index (χ0v) is 10.6. The monoisotopic (exact) mass is 255 g/mol. The zero-order chi connectivity index (χ0) is 13.2. The summed E-state index contributed by atoms with van der Waals surface area (Å²) in [6.45, 7) is 0.828. The Bertz CT molecular complexity index is 700. The molecule has 3 rings (SSSR count).